The predicted octanol–water partition coefficient (Wildman–Crippen LogP) is 6.97. The minimum absolute atomic E-state index is 0.401. The highest BCUT2D eigenvalue weighted by atomic mass is 32.1. The van der Waals surface area contributed by atoms with Crippen molar-refractivity contribution >= 4 is 34.4 Å². The fraction of sp³-hybridized carbons (Fsp3) is 0.240. The molecule has 3 rings (SSSR count). The summed E-state index contributed by atoms with van der Waals surface area (Å²) in [7, 11) is 0. The van der Waals surface area contributed by atoms with Gasteiger partial charge in [0.2, 0.25) is 0 Å². The largest absolute Gasteiger partial charge is 0.331 e. The fourth-order valence-electron chi connectivity index (χ4n) is 3.37. The van der Waals surface area contributed by atoms with Gasteiger partial charge in [-0.25, -0.2) is 0 Å². The van der Waals surface area contributed by atoms with Crippen molar-refractivity contribution in [1.82, 2.24) is 5.43 Å². The zero-order valence-corrected chi connectivity index (χ0v) is 18.3. The second kappa shape index (κ2) is 9.57. The first-order valence-corrected chi connectivity index (χ1v) is 10.5. The SMILES string of the molecule is CC(C)c1cccc(C(C)C)c1NC(=S)NN(c1ccccc1)c1ccccc1. The Hall–Kier alpha value is -2.85. The van der Waals surface area contributed by atoms with Gasteiger partial charge in [0.15, 0.2) is 5.11 Å². The topological polar surface area (TPSA) is 27.3 Å². The summed E-state index contributed by atoms with van der Waals surface area (Å²) in [6.45, 7) is 8.84. The van der Waals surface area contributed by atoms with Crippen LogP contribution in [0, 0.1) is 0 Å². The fourth-order valence-corrected chi connectivity index (χ4v) is 3.56. The quantitative estimate of drug-likeness (QED) is 0.343. The van der Waals surface area contributed by atoms with Gasteiger partial charge in [0, 0.05) is 5.69 Å². The van der Waals surface area contributed by atoms with Gasteiger partial charge in [-0.15, -0.1) is 0 Å². The van der Waals surface area contributed by atoms with Gasteiger partial charge >= 0.3 is 0 Å². The number of thiocarbonyl (C=S) groups is 1. The maximum atomic E-state index is 5.74. The van der Waals surface area contributed by atoms with Crippen LogP contribution in [0.2, 0.25) is 0 Å². The van der Waals surface area contributed by atoms with E-state index in [1.807, 2.05) is 41.4 Å². The molecule has 0 aliphatic carbocycles. The molecule has 0 fully saturated rings. The molecule has 4 heteroatoms. The number of anilines is 3. The molecule has 0 spiro atoms. The van der Waals surface area contributed by atoms with Crippen LogP contribution < -0.4 is 15.8 Å². The molecule has 0 atom stereocenters. The molecular weight excluding hydrogens is 374 g/mol. The lowest BCUT2D eigenvalue weighted by Gasteiger charge is -2.28. The second-order valence-corrected chi connectivity index (χ2v) is 8.10. The summed E-state index contributed by atoms with van der Waals surface area (Å²) in [4.78, 5) is 0. The maximum absolute atomic E-state index is 5.74. The van der Waals surface area contributed by atoms with Crippen LogP contribution in [0.1, 0.15) is 50.7 Å². The van der Waals surface area contributed by atoms with Gasteiger partial charge in [-0.05, 0) is 59.4 Å². The predicted molar refractivity (Wildman–Crippen MR) is 129 cm³/mol. The third kappa shape index (κ3) is 5.15. The van der Waals surface area contributed by atoms with E-state index in [1.165, 1.54) is 11.1 Å². The number of hydrogen-bond acceptors (Lipinski definition) is 2. The van der Waals surface area contributed by atoms with Crippen molar-refractivity contribution in [3.05, 3.63) is 90.0 Å². The summed E-state index contributed by atoms with van der Waals surface area (Å²) >= 11 is 5.74. The number of para-hydroxylation sites is 3. The van der Waals surface area contributed by atoms with E-state index in [2.05, 4.69) is 80.9 Å². The Morgan fingerprint density at radius 3 is 1.55 bits per heavy atom. The van der Waals surface area contributed by atoms with Crippen LogP contribution >= 0.6 is 12.2 Å². The van der Waals surface area contributed by atoms with Crippen LogP contribution in [0.25, 0.3) is 0 Å². The van der Waals surface area contributed by atoms with E-state index in [4.69, 9.17) is 12.2 Å². The van der Waals surface area contributed by atoms with Gasteiger partial charge in [-0.3, -0.25) is 10.4 Å². The first-order chi connectivity index (χ1) is 14.0. The summed E-state index contributed by atoms with van der Waals surface area (Å²) in [6, 6.07) is 26.8. The molecule has 0 aromatic heterocycles. The van der Waals surface area contributed by atoms with Gasteiger partial charge in [0.25, 0.3) is 0 Å². The van der Waals surface area contributed by atoms with Crippen molar-refractivity contribution in [2.24, 2.45) is 0 Å². The zero-order valence-electron chi connectivity index (χ0n) is 17.5. The van der Waals surface area contributed by atoms with E-state index in [0.717, 1.165) is 17.1 Å². The molecule has 0 aliphatic heterocycles. The molecule has 3 aromatic rings. The van der Waals surface area contributed by atoms with Crippen molar-refractivity contribution in [3.63, 3.8) is 0 Å². The minimum Gasteiger partial charge on any atom is -0.331 e. The van der Waals surface area contributed by atoms with E-state index < -0.39 is 0 Å². The molecule has 3 aromatic carbocycles. The van der Waals surface area contributed by atoms with Crippen LogP contribution in [-0.2, 0) is 0 Å². The summed E-state index contributed by atoms with van der Waals surface area (Å²) in [5.41, 5.74) is 9.07. The van der Waals surface area contributed by atoms with E-state index in [1.54, 1.807) is 0 Å². The Bertz CT molecular complexity index is 871. The lowest BCUT2D eigenvalue weighted by molar-refractivity contribution is 0.837. The Balaban J connectivity index is 1.91. The van der Waals surface area contributed by atoms with Gasteiger partial charge in [0.1, 0.15) is 0 Å². The molecule has 0 radical (unpaired) electrons. The van der Waals surface area contributed by atoms with Crippen molar-refractivity contribution in [3.8, 4) is 0 Å². The van der Waals surface area contributed by atoms with Crippen molar-refractivity contribution < 1.29 is 0 Å². The number of nitrogens with zero attached hydrogens (tertiary/aromatic N) is 1. The molecule has 150 valence electrons. The highest BCUT2D eigenvalue weighted by Crippen LogP contribution is 2.32. The normalized spacial score (nSPS) is 10.8. The molecule has 0 heterocycles. The molecule has 3 nitrogen and oxygen atoms in total. The van der Waals surface area contributed by atoms with E-state index in [0.29, 0.717) is 16.9 Å². The summed E-state index contributed by atoms with van der Waals surface area (Å²) in [5, 5.41) is 6.06. The van der Waals surface area contributed by atoms with Crippen LogP contribution in [0.4, 0.5) is 17.1 Å². The summed E-state index contributed by atoms with van der Waals surface area (Å²) in [5.74, 6) is 0.802. The summed E-state index contributed by atoms with van der Waals surface area (Å²) < 4.78 is 0. The van der Waals surface area contributed by atoms with E-state index >= 15 is 0 Å². The molecule has 0 saturated heterocycles. The van der Waals surface area contributed by atoms with Crippen LogP contribution in [0.5, 0.6) is 0 Å². The van der Waals surface area contributed by atoms with E-state index in [-0.39, 0.29) is 0 Å². The average molecular weight is 404 g/mol. The zero-order chi connectivity index (χ0) is 20.8. The van der Waals surface area contributed by atoms with Crippen LogP contribution in [0.15, 0.2) is 78.9 Å². The molecule has 29 heavy (non-hydrogen) atoms. The van der Waals surface area contributed by atoms with Crippen molar-refractivity contribution in [2.45, 2.75) is 39.5 Å². The van der Waals surface area contributed by atoms with Gasteiger partial charge in [-0.2, -0.15) is 0 Å². The Morgan fingerprint density at radius 1 is 0.690 bits per heavy atom. The van der Waals surface area contributed by atoms with Crippen LogP contribution in [0.3, 0.4) is 0 Å². The van der Waals surface area contributed by atoms with Gasteiger partial charge < -0.3 is 5.32 Å². The highest BCUT2D eigenvalue weighted by molar-refractivity contribution is 7.80. The third-order valence-corrected chi connectivity index (χ3v) is 5.05. The summed E-state index contributed by atoms with van der Waals surface area (Å²) in [6.07, 6.45) is 0. The second-order valence-electron chi connectivity index (χ2n) is 7.69. The average Bonchev–Trinajstić information content (AvgIpc) is 2.73. The molecule has 0 amide bonds. The monoisotopic (exact) mass is 403 g/mol. The third-order valence-electron chi connectivity index (χ3n) is 4.85. The number of rotatable bonds is 6. The van der Waals surface area contributed by atoms with Gasteiger partial charge in [-0.1, -0.05) is 82.3 Å². The Morgan fingerprint density at radius 2 is 1.14 bits per heavy atom. The lowest BCUT2D eigenvalue weighted by atomic mass is 9.93. The standard InChI is InChI=1S/C25H29N3S/c1-18(2)22-16-11-17-23(19(3)4)24(22)26-25(29)27-28(20-12-7-5-8-13-20)21-14-9-6-10-15-21/h5-19H,1-4H3,(H2,26,27,29). The molecule has 0 saturated carbocycles. The number of benzene rings is 3. The van der Waals surface area contributed by atoms with Crippen LogP contribution in [-0.4, -0.2) is 5.11 Å². The number of hydrogen-bond donors (Lipinski definition) is 2. The molecule has 0 bridgehead atoms. The van der Waals surface area contributed by atoms with Crippen molar-refractivity contribution in [2.75, 3.05) is 10.3 Å². The molecule has 2 N–H and O–H groups in total. The lowest BCUT2D eigenvalue weighted by Crippen LogP contribution is -2.41. The maximum Gasteiger partial charge on any atom is 0.190 e. The first-order valence-electron chi connectivity index (χ1n) is 10.1. The minimum atomic E-state index is 0.401. The highest BCUT2D eigenvalue weighted by Gasteiger charge is 2.16. The number of hydrazine groups is 1. The first kappa shape index (κ1) is 20.9. The molecule has 0 aliphatic rings. The van der Waals surface area contributed by atoms with Gasteiger partial charge in [0.05, 0.1) is 11.4 Å². The molecular formula is C25H29N3S. The Labute approximate surface area is 179 Å². The van der Waals surface area contributed by atoms with E-state index in [9.17, 15) is 0 Å². The van der Waals surface area contributed by atoms with Crippen molar-refractivity contribution in [1.29, 1.82) is 0 Å². The Kier molecular flexibility index (Phi) is 6.89. The smallest absolute Gasteiger partial charge is 0.190 e. The molecule has 0 unspecified atom stereocenters. The number of nitrogens with one attached hydrogen (secondary N) is 2.